The second kappa shape index (κ2) is 6.25. The number of alkyl halides is 3. The number of ether oxygens (including phenoxy) is 3. The number of carbonyl (C=O) groups excluding carboxylic acids is 1. The van der Waals surface area contributed by atoms with Gasteiger partial charge in [-0.3, -0.25) is 9.36 Å². The Balaban J connectivity index is 1.65. The molecule has 0 radical (unpaired) electrons. The van der Waals surface area contributed by atoms with Gasteiger partial charge in [0.2, 0.25) is 0 Å². The van der Waals surface area contributed by atoms with E-state index in [0.717, 1.165) is 0 Å². The fourth-order valence-electron chi connectivity index (χ4n) is 3.36. The Morgan fingerprint density at radius 2 is 2.00 bits per heavy atom. The number of carbonyl (C=O) groups is 1. The number of nitrogen functional groups attached to an aromatic ring is 1. The van der Waals surface area contributed by atoms with E-state index in [1.165, 1.54) is 17.2 Å². The fourth-order valence-corrected chi connectivity index (χ4v) is 3.36. The molecule has 2 aromatic rings. The fraction of sp³-hybridized carbons (Fsp3) is 0.600. The van der Waals surface area contributed by atoms with Crippen LogP contribution in [0.5, 0.6) is 0 Å². The van der Waals surface area contributed by atoms with Crippen molar-refractivity contribution in [1.29, 1.82) is 0 Å². The van der Waals surface area contributed by atoms with Gasteiger partial charge >= 0.3 is 6.18 Å². The Labute approximate surface area is 156 Å². The molecule has 2 aliphatic rings. The SMILES string of the molecule is CC1(C)O[C@@H]2[C@H](O1)[C@@H](C(=O)NCC(F)(F)F)O[C@H]2n1cnc2c(N)ncnc21. The number of aromatic nitrogens is 4. The molecule has 0 spiro atoms. The van der Waals surface area contributed by atoms with Crippen molar-refractivity contribution < 1.29 is 32.2 Å². The number of fused-ring (bicyclic) bond motifs is 2. The van der Waals surface area contributed by atoms with Gasteiger partial charge in [-0.2, -0.15) is 13.2 Å². The van der Waals surface area contributed by atoms with E-state index in [9.17, 15) is 18.0 Å². The minimum atomic E-state index is -4.55. The summed E-state index contributed by atoms with van der Waals surface area (Å²) in [5.41, 5.74) is 6.44. The van der Waals surface area contributed by atoms with Crippen molar-refractivity contribution in [2.75, 3.05) is 12.3 Å². The maximum Gasteiger partial charge on any atom is 0.405 e. The lowest BCUT2D eigenvalue weighted by Gasteiger charge is -2.24. The zero-order valence-corrected chi connectivity index (χ0v) is 14.8. The number of nitrogens with one attached hydrogen (secondary N) is 1. The van der Waals surface area contributed by atoms with E-state index in [2.05, 4.69) is 15.0 Å². The average molecular weight is 402 g/mol. The highest BCUT2D eigenvalue weighted by atomic mass is 19.4. The molecular formula is C15H17F3N6O4. The van der Waals surface area contributed by atoms with E-state index in [0.29, 0.717) is 11.2 Å². The first kappa shape index (κ1) is 18.8. The topological polar surface area (TPSA) is 126 Å². The summed E-state index contributed by atoms with van der Waals surface area (Å²) >= 11 is 0. The van der Waals surface area contributed by atoms with Crippen LogP contribution in [0.4, 0.5) is 19.0 Å². The van der Waals surface area contributed by atoms with Gasteiger partial charge in [0.15, 0.2) is 29.6 Å². The van der Waals surface area contributed by atoms with Gasteiger partial charge in [0.25, 0.3) is 5.91 Å². The predicted molar refractivity (Wildman–Crippen MR) is 86.5 cm³/mol. The number of anilines is 1. The lowest BCUT2D eigenvalue weighted by atomic mass is 10.1. The van der Waals surface area contributed by atoms with Crippen LogP contribution >= 0.6 is 0 Å². The van der Waals surface area contributed by atoms with Crippen molar-refractivity contribution in [3.63, 3.8) is 0 Å². The van der Waals surface area contributed by atoms with E-state index >= 15 is 0 Å². The number of halogens is 3. The lowest BCUT2D eigenvalue weighted by Crippen LogP contribution is -2.45. The summed E-state index contributed by atoms with van der Waals surface area (Å²) in [6, 6.07) is 0. The average Bonchev–Trinajstić information content (AvgIpc) is 3.23. The van der Waals surface area contributed by atoms with Gasteiger partial charge in [0.1, 0.15) is 30.6 Å². The van der Waals surface area contributed by atoms with Gasteiger partial charge < -0.3 is 25.3 Å². The monoisotopic (exact) mass is 402 g/mol. The van der Waals surface area contributed by atoms with E-state index in [1.54, 1.807) is 13.8 Å². The van der Waals surface area contributed by atoms with Crippen LogP contribution in [0.2, 0.25) is 0 Å². The molecule has 4 heterocycles. The van der Waals surface area contributed by atoms with Crippen molar-refractivity contribution in [2.45, 2.75) is 50.4 Å². The van der Waals surface area contributed by atoms with Crippen LogP contribution in [0.15, 0.2) is 12.7 Å². The standard InChI is InChI=1S/C15H17F3N6O4/c1-14(2)27-7-8(12(25)20-3-15(16,17)18)26-13(9(7)28-14)24-5-23-6-10(19)21-4-22-11(6)24/h4-5,7-9,13H,3H2,1-2H3,(H,20,25)(H2,19,21,22)/t7-,8+,9-,13-/m1/s1. The van der Waals surface area contributed by atoms with Crippen LogP contribution < -0.4 is 11.1 Å². The van der Waals surface area contributed by atoms with E-state index in [4.69, 9.17) is 19.9 Å². The van der Waals surface area contributed by atoms with E-state index in [1.807, 2.05) is 5.32 Å². The first-order valence-electron chi connectivity index (χ1n) is 8.34. The first-order chi connectivity index (χ1) is 13.1. The normalized spacial score (nSPS) is 29.2. The Morgan fingerprint density at radius 1 is 1.29 bits per heavy atom. The quantitative estimate of drug-likeness (QED) is 0.760. The molecule has 0 unspecified atom stereocenters. The van der Waals surface area contributed by atoms with E-state index in [-0.39, 0.29) is 5.82 Å². The molecule has 2 fully saturated rings. The van der Waals surface area contributed by atoms with Crippen LogP contribution in [0, 0.1) is 0 Å². The molecule has 10 nitrogen and oxygen atoms in total. The van der Waals surface area contributed by atoms with Gasteiger partial charge in [-0.05, 0) is 13.8 Å². The molecule has 2 saturated heterocycles. The van der Waals surface area contributed by atoms with E-state index < -0.39 is 49.0 Å². The number of amides is 1. The number of nitrogens with zero attached hydrogens (tertiary/aromatic N) is 4. The molecule has 2 aliphatic heterocycles. The smallest absolute Gasteiger partial charge is 0.382 e. The second-order valence-corrected chi connectivity index (χ2v) is 6.93. The molecule has 0 aliphatic carbocycles. The molecule has 0 bridgehead atoms. The summed E-state index contributed by atoms with van der Waals surface area (Å²) < 4.78 is 56.2. The largest absolute Gasteiger partial charge is 0.405 e. The zero-order chi connectivity index (χ0) is 20.3. The Kier molecular flexibility index (Phi) is 4.21. The summed E-state index contributed by atoms with van der Waals surface area (Å²) in [5, 5.41) is 1.82. The van der Waals surface area contributed by atoms with Gasteiger partial charge in [-0.1, -0.05) is 0 Å². The molecule has 4 atom stereocenters. The maximum atomic E-state index is 12.5. The predicted octanol–water partition coefficient (Wildman–Crippen LogP) is 0.504. The number of hydrogen-bond acceptors (Lipinski definition) is 8. The van der Waals surface area contributed by atoms with Crippen LogP contribution in [0.25, 0.3) is 11.2 Å². The van der Waals surface area contributed by atoms with Crippen LogP contribution in [-0.2, 0) is 19.0 Å². The van der Waals surface area contributed by atoms with Crippen LogP contribution in [0.3, 0.4) is 0 Å². The number of hydrogen-bond donors (Lipinski definition) is 2. The molecule has 4 rings (SSSR count). The Bertz CT molecular complexity index is 917. The number of nitrogens with two attached hydrogens (primary N) is 1. The second-order valence-electron chi connectivity index (χ2n) is 6.93. The summed E-state index contributed by atoms with van der Waals surface area (Å²) in [6.45, 7) is 1.80. The molecule has 152 valence electrons. The summed E-state index contributed by atoms with van der Waals surface area (Å²) in [7, 11) is 0. The van der Waals surface area contributed by atoms with Gasteiger partial charge in [0, 0.05) is 0 Å². The van der Waals surface area contributed by atoms with Crippen molar-refractivity contribution in [3.8, 4) is 0 Å². The number of rotatable bonds is 3. The molecular weight excluding hydrogens is 385 g/mol. The molecule has 13 heteroatoms. The molecule has 0 saturated carbocycles. The highest BCUT2D eigenvalue weighted by Crippen LogP contribution is 2.43. The lowest BCUT2D eigenvalue weighted by molar-refractivity contribution is -0.198. The van der Waals surface area contributed by atoms with Crippen molar-refractivity contribution >= 4 is 22.9 Å². The highest BCUT2D eigenvalue weighted by molar-refractivity contribution is 5.83. The third kappa shape index (κ3) is 3.25. The van der Waals surface area contributed by atoms with Gasteiger partial charge in [0.05, 0.1) is 6.33 Å². The zero-order valence-electron chi connectivity index (χ0n) is 14.8. The minimum absolute atomic E-state index is 0.154. The highest BCUT2D eigenvalue weighted by Gasteiger charge is 2.58. The number of imidazole rings is 1. The molecule has 2 aromatic heterocycles. The summed E-state index contributed by atoms with van der Waals surface area (Å²) in [5.74, 6) is -1.85. The Morgan fingerprint density at radius 3 is 2.71 bits per heavy atom. The molecule has 1 amide bonds. The molecule has 3 N–H and O–H groups in total. The van der Waals surface area contributed by atoms with Crippen molar-refractivity contribution in [1.82, 2.24) is 24.8 Å². The van der Waals surface area contributed by atoms with Crippen molar-refractivity contribution in [3.05, 3.63) is 12.7 Å². The third-order valence-corrected chi connectivity index (χ3v) is 4.41. The van der Waals surface area contributed by atoms with Gasteiger partial charge in [-0.15, -0.1) is 0 Å². The summed E-state index contributed by atoms with van der Waals surface area (Å²) in [4.78, 5) is 24.4. The summed E-state index contributed by atoms with van der Waals surface area (Å²) in [6.07, 6.45) is -5.82. The minimum Gasteiger partial charge on any atom is -0.382 e. The maximum absolute atomic E-state index is 12.5. The van der Waals surface area contributed by atoms with Crippen LogP contribution in [-0.4, -0.2) is 62.2 Å². The molecule has 28 heavy (non-hydrogen) atoms. The van der Waals surface area contributed by atoms with Gasteiger partial charge in [-0.25, -0.2) is 15.0 Å². The third-order valence-electron chi connectivity index (χ3n) is 4.41. The van der Waals surface area contributed by atoms with Crippen molar-refractivity contribution in [2.24, 2.45) is 0 Å². The Hall–Kier alpha value is -2.51. The first-order valence-corrected chi connectivity index (χ1v) is 8.34. The molecule has 0 aromatic carbocycles. The van der Waals surface area contributed by atoms with Crippen LogP contribution in [0.1, 0.15) is 20.1 Å².